The average molecular weight is 445 g/mol. The molecule has 0 spiro atoms. The number of nitrogens with one attached hydrogen (secondary N) is 1. The van der Waals surface area contributed by atoms with Crippen LogP contribution in [0.5, 0.6) is 5.75 Å². The van der Waals surface area contributed by atoms with Crippen molar-refractivity contribution in [3.8, 4) is 16.9 Å². The van der Waals surface area contributed by atoms with Gasteiger partial charge in [-0.05, 0) is 25.1 Å². The minimum atomic E-state index is -0.829. The van der Waals surface area contributed by atoms with Crippen LogP contribution in [0.3, 0.4) is 0 Å². The summed E-state index contributed by atoms with van der Waals surface area (Å²) in [6.45, 7) is 3.02. The lowest BCUT2D eigenvalue weighted by Gasteiger charge is -2.46. The second-order valence-electron chi connectivity index (χ2n) is 7.94. The number of hydrogen-bond donors (Lipinski definition) is 2. The molecule has 3 heterocycles. The van der Waals surface area contributed by atoms with E-state index in [9.17, 15) is 14.3 Å². The molecule has 2 aromatic carbocycles. The maximum Gasteiger partial charge on any atom is 0.250 e. The van der Waals surface area contributed by atoms with Crippen molar-refractivity contribution in [2.75, 3.05) is 29.9 Å². The summed E-state index contributed by atoms with van der Waals surface area (Å²) in [4.78, 5) is 20.6. The van der Waals surface area contributed by atoms with Gasteiger partial charge in [-0.25, -0.2) is 8.78 Å². The van der Waals surface area contributed by atoms with Crippen molar-refractivity contribution in [3.05, 3.63) is 47.1 Å². The quantitative estimate of drug-likeness (QED) is 0.599. The average Bonchev–Trinajstić information content (AvgIpc) is 2.73. The van der Waals surface area contributed by atoms with E-state index >= 15 is 4.39 Å². The van der Waals surface area contributed by atoms with Crippen LogP contribution in [-0.4, -0.2) is 48.2 Å². The molecular formula is C22H19ClF2N4O2. The molecule has 1 saturated heterocycles. The van der Waals surface area contributed by atoms with E-state index in [1.54, 1.807) is 7.05 Å². The number of carbonyl (C=O) groups excluding carboxylic acids is 1. The number of pyridine rings is 1. The van der Waals surface area contributed by atoms with Gasteiger partial charge in [0.05, 0.1) is 28.2 Å². The number of hydrogen-bond acceptors (Lipinski definition) is 5. The number of benzene rings is 2. The van der Waals surface area contributed by atoms with E-state index < -0.39 is 23.4 Å². The summed E-state index contributed by atoms with van der Waals surface area (Å²) >= 11 is 6.44. The van der Waals surface area contributed by atoms with Crippen molar-refractivity contribution in [2.45, 2.75) is 19.0 Å². The Labute approximate surface area is 182 Å². The Morgan fingerprint density at radius 1 is 1.29 bits per heavy atom. The number of fused-ring (bicyclic) bond motifs is 5. The minimum Gasteiger partial charge on any atom is -0.507 e. The van der Waals surface area contributed by atoms with Crippen LogP contribution in [0.4, 0.5) is 20.2 Å². The fraction of sp³-hybridized carbons (Fsp3) is 0.273. The van der Waals surface area contributed by atoms with Crippen molar-refractivity contribution < 1.29 is 18.7 Å². The lowest BCUT2D eigenvalue weighted by Crippen LogP contribution is -2.63. The van der Waals surface area contributed by atoms with Crippen LogP contribution in [0.2, 0.25) is 5.02 Å². The van der Waals surface area contributed by atoms with Gasteiger partial charge in [0.1, 0.15) is 23.1 Å². The SMILES string of the molecule is CC1CN2c3c(cnc4c(F)c(-c5c(O)cccc5F)c(Cl)cc34)N(C)C(=O)C2CN1. The first-order chi connectivity index (χ1) is 14.8. The van der Waals surface area contributed by atoms with Gasteiger partial charge in [0, 0.05) is 37.1 Å². The van der Waals surface area contributed by atoms with Crippen LogP contribution in [-0.2, 0) is 4.79 Å². The van der Waals surface area contributed by atoms with Gasteiger partial charge in [0.15, 0.2) is 5.82 Å². The molecule has 31 heavy (non-hydrogen) atoms. The number of nitrogens with zero attached hydrogens (tertiary/aromatic N) is 3. The van der Waals surface area contributed by atoms with Crippen molar-refractivity contribution in [1.29, 1.82) is 0 Å². The predicted octanol–water partition coefficient (Wildman–Crippen LogP) is 3.68. The van der Waals surface area contributed by atoms with Gasteiger partial charge in [-0.15, -0.1) is 0 Å². The largest absolute Gasteiger partial charge is 0.507 e. The molecule has 0 saturated carbocycles. The maximum absolute atomic E-state index is 15.7. The molecule has 2 aliphatic heterocycles. The molecule has 5 rings (SSSR count). The molecule has 1 amide bonds. The van der Waals surface area contributed by atoms with E-state index in [1.807, 2.05) is 11.8 Å². The lowest BCUT2D eigenvalue weighted by molar-refractivity contribution is -0.120. The minimum absolute atomic E-state index is 0.00603. The maximum atomic E-state index is 15.7. The predicted molar refractivity (Wildman–Crippen MR) is 116 cm³/mol. The number of halogens is 3. The van der Waals surface area contributed by atoms with Crippen molar-refractivity contribution >= 4 is 39.8 Å². The fourth-order valence-electron chi connectivity index (χ4n) is 4.50. The summed E-state index contributed by atoms with van der Waals surface area (Å²) in [5.74, 6) is -2.11. The summed E-state index contributed by atoms with van der Waals surface area (Å²) < 4.78 is 30.1. The number of amides is 1. The van der Waals surface area contributed by atoms with Gasteiger partial charge in [0.25, 0.3) is 5.91 Å². The number of phenolic OH excluding ortho intramolecular Hbond substituents is 1. The topological polar surface area (TPSA) is 68.7 Å². The van der Waals surface area contributed by atoms with Crippen molar-refractivity contribution in [2.24, 2.45) is 0 Å². The molecule has 2 unspecified atom stereocenters. The van der Waals surface area contributed by atoms with E-state index in [0.717, 1.165) is 6.07 Å². The first kappa shape index (κ1) is 20.0. The molecule has 3 aromatic rings. The van der Waals surface area contributed by atoms with Crippen LogP contribution in [0.25, 0.3) is 22.0 Å². The molecule has 1 aromatic heterocycles. The number of rotatable bonds is 1. The van der Waals surface area contributed by atoms with Crippen molar-refractivity contribution in [1.82, 2.24) is 10.3 Å². The third-order valence-corrected chi connectivity index (χ3v) is 6.32. The number of likely N-dealkylation sites (N-methyl/N-ethyl adjacent to an activating group) is 1. The van der Waals surface area contributed by atoms with Gasteiger partial charge < -0.3 is 20.2 Å². The lowest BCUT2D eigenvalue weighted by atomic mass is 9.97. The second kappa shape index (κ2) is 7.03. The Kier molecular flexibility index (Phi) is 4.53. The number of carbonyl (C=O) groups is 1. The highest BCUT2D eigenvalue weighted by molar-refractivity contribution is 6.34. The Hall–Kier alpha value is -2.97. The van der Waals surface area contributed by atoms with Crippen LogP contribution >= 0.6 is 11.6 Å². The Balaban J connectivity index is 1.81. The fourth-order valence-corrected chi connectivity index (χ4v) is 4.78. The second-order valence-corrected chi connectivity index (χ2v) is 8.35. The summed E-state index contributed by atoms with van der Waals surface area (Å²) in [5.41, 5.74) is 0.652. The summed E-state index contributed by atoms with van der Waals surface area (Å²) in [6.07, 6.45) is 1.44. The zero-order chi connectivity index (χ0) is 22.0. The molecule has 160 valence electrons. The molecule has 2 aliphatic rings. The van der Waals surface area contributed by atoms with E-state index in [2.05, 4.69) is 10.3 Å². The number of piperazine rings is 1. The van der Waals surface area contributed by atoms with E-state index in [0.29, 0.717) is 29.9 Å². The number of aromatic hydroxyl groups is 1. The third-order valence-electron chi connectivity index (χ3n) is 6.02. The zero-order valence-electron chi connectivity index (χ0n) is 16.8. The third kappa shape index (κ3) is 2.85. The summed E-state index contributed by atoms with van der Waals surface area (Å²) in [6, 6.07) is 4.94. The van der Waals surface area contributed by atoms with E-state index in [4.69, 9.17) is 11.6 Å². The van der Waals surface area contributed by atoms with E-state index in [-0.39, 0.29) is 33.6 Å². The highest BCUT2D eigenvalue weighted by atomic mass is 35.5. The van der Waals surface area contributed by atoms with Gasteiger partial charge in [0.2, 0.25) is 0 Å². The highest BCUT2D eigenvalue weighted by Crippen LogP contribution is 2.46. The molecule has 0 bridgehead atoms. The zero-order valence-corrected chi connectivity index (χ0v) is 17.5. The van der Waals surface area contributed by atoms with Gasteiger partial charge in [-0.2, -0.15) is 0 Å². The molecule has 9 heteroatoms. The molecule has 1 fully saturated rings. The number of anilines is 2. The number of phenols is 1. The first-order valence-corrected chi connectivity index (χ1v) is 10.2. The molecule has 2 N–H and O–H groups in total. The van der Waals surface area contributed by atoms with E-state index in [1.165, 1.54) is 29.3 Å². The molecule has 6 nitrogen and oxygen atoms in total. The number of aromatic nitrogens is 1. The van der Waals surface area contributed by atoms with Crippen LogP contribution in [0, 0.1) is 11.6 Å². The Morgan fingerprint density at radius 3 is 2.81 bits per heavy atom. The molecule has 0 aliphatic carbocycles. The van der Waals surface area contributed by atoms with Gasteiger partial charge in [-0.3, -0.25) is 9.78 Å². The van der Waals surface area contributed by atoms with Crippen LogP contribution < -0.4 is 15.1 Å². The van der Waals surface area contributed by atoms with Gasteiger partial charge >= 0.3 is 0 Å². The Bertz CT molecular complexity index is 1230. The van der Waals surface area contributed by atoms with Crippen molar-refractivity contribution in [3.63, 3.8) is 0 Å². The summed E-state index contributed by atoms with van der Waals surface area (Å²) in [7, 11) is 1.66. The summed E-state index contributed by atoms with van der Waals surface area (Å²) in [5, 5.41) is 13.8. The molecule has 0 radical (unpaired) electrons. The first-order valence-electron chi connectivity index (χ1n) is 9.85. The monoisotopic (exact) mass is 444 g/mol. The highest BCUT2D eigenvalue weighted by Gasteiger charge is 2.41. The van der Waals surface area contributed by atoms with Crippen LogP contribution in [0.15, 0.2) is 30.5 Å². The normalized spacial score (nSPS) is 20.7. The van der Waals surface area contributed by atoms with Crippen LogP contribution in [0.1, 0.15) is 6.92 Å². The smallest absolute Gasteiger partial charge is 0.250 e. The molecular weight excluding hydrogens is 426 g/mol. The molecule has 2 atom stereocenters. The Morgan fingerprint density at radius 2 is 2.06 bits per heavy atom. The standard InChI is InChI=1S/C22H19ClF2N4O2/c1-10-9-29-15(8-26-10)22(31)28(2)14-7-27-20-11(21(14)29)6-12(23)17(19(20)25)18-13(24)4-3-5-16(18)30/h3-7,10,15,26,30H,8-9H2,1-2H3. The van der Waals surface area contributed by atoms with Gasteiger partial charge in [-0.1, -0.05) is 17.7 Å².